The van der Waals surface area contributed by atoms with Crippen molar-refractivity contribution < 1.29 is 28.6 Å². The van der Waals surface area contributed by atoms with Crippen LogP contribution in [0.5, 0.6) is 0 Å². The van der Waals surface area contributed by atoms with Crippen LogP contribution in [0.4, 0.5) is 0 Å². The van der Waals surface area contributed by atoms with Crippen LogP contribution >= 0.6 is 0 Å². The molecule has 0 aromatic carbocycles. The van der Waals surface area contributed by atoms with E-state index in [1.807, 2.05) is 0 Å². The standard InChI is InChI=1S/C47H87N3O6/c1-17-18-19-20-21-22-23-24-25-26-27-47(39(52)55-36-30-43(6,7)49(15)44(8,9)31-36,40(53)56-37-32-45(10,11)50(16)46(12,13)33-37)34-38(51)54-35-28-41(2,3)48(14)42(4,5)29-35/h35-37H,17-34H2,1-16H3. The van der Waals surface area contributed by atoms with Gasteiger partial charge in [-0.1, -0.05) is 71.1 Å². The van der Waals surface area contributed by atoms with Crippen molar-refractivity contribution in [2.75, 3.05) is 21.1 Å². The molecule has 0 saturated carbocycles. The molecule has 3 rings (SSSR count). The molecule has 326 valence electrons. The molecule has 9 heteroatoms. The van der Waals surface area contributed by atoms with Gasteiger partial charge in [-0.15, -0.1) is 0 Å². The number of hydrogen-bond donors (Lipinski definition) is 0. The number of carbonyl (C=O) groups excluding carboxylic acids is 3. The highest BCUT2D eigenvalue weighted by Crippen LogP contribution is 2.44. The number of unbranched alkanes of at least 4 members (excludes halogenated alkanes) is 9. The molecule has 0 atom stereocenters. The molecule has 0 amide bonds. The summed E-state index contributed by atoms with van der Waals surface area (Å²) >= 11 is 0. The Kier molecular flexibility index (Phi) is 16.2. The van der Waals surface area contributed by atoms with Gasteiger partial charge in [-0.2, -0.15) is 0 Å². The van der Waals surface area contributed by atoms with Crippen LogP contribution in [0.2, 0.25) is 0 Å². The van der Waals surface area contributed by atoms with E-state index < -0.39 is 35.5 Å². The van der Waals surface area contributed by atoms with Crippen molar-refractivity contribution in [3.8, 4) is 0 Å². The molecule has 0 bridgehead atoms. The van der Waals surface area contributed by atoms with Gasteiger partial charge >= 0.3 is 17.9 Å². The van der Waals surface area contributed by atoms with Gasteiger partial charge in [0.05, 0.1) is 6.42 Å². The van der Waals surface area contributed by atoms with E-state index in [1.165, 1.54) is 38.5 Å². The highest BCUT2D eigenvalue weighted by atomic mass is 16.6. The minimum absolute atomic E-state index is 0.194. The SMILES string of the molecule is CCCCCCCCCCCCC(CC(=O)OC1CC(C)(C)N(C)C(C)(C)C1)(C(=O)OC1CC(C)(C)N(C)C(C)(C)C1)C(=O)OC1CC(C)(C)N(C)C(C)(C)C1. The van der Waals surface area contributed by atoms with Crippen molar-refractivity contribution >= 4 is 17.9 Å². The molecule has 3 fully saturated rings. The lowest BCUT2D eigenvalue weighted by Gasteiger charge is -2.54. The van der Waals surface area contributed by atoms with Crippen LogP contribution in [0, 0.1) is 5.41 Å². The van der Waals surface area contributed by atoms with Crippen molar-refractivity contribution in [3.63, 3.8) is 0 Å². The molecule has 0 unspecified atom stereocenters. The number of piperidine rings is 3. The van der Waals surface area contributed by atoms with Crippen molar-refractivity contribution in [1.82, 2.24) is 14.7 Å². The molecule has 0 radical (unpaired) electrons. The summed E-state index contributed by atoms with van der Waals surface area (Å²) in [7, 11) is 6.37. The first-order valence-corrected chi connectivity index (χ1v) is 22.5. The molecule has 9 nitrogen and oxygen atoms in total. The van der Waals surface area contributed by atoms with Crippen LogP contribution in [0.25, 0.3) is 0 Å². The Morgan fingerprint density at radius 1 is 0.464 bits per heavy atom. The Morgan fingerprint density at radius 2 is 0.732 bits per heavy atom. The number of esters is 3. The van der Waals surface area contributed by atoms with E-state index >= 15 is 9.59 Å². The van der Waals surface area contributed by atoms with Crippen LogP contribution in [0.15, 0.2) is 0 Å². The molecule has 3 aliphatic rings. The maximum atomic E-state index is 15.0. The van der Waals surface area contributed by atoms with E-state index in [-0.39, 0.29) is 52.2 Å². The lowest BCUT2D eigenvalue weighted by Crippen LogP contribution is -2.61. The fraction of sp³-hybridized carbons (Fsp3) is 0.936. The van der Waals surface area contributed by atoms with Gasteiger partial charge in [0.1, 0.15) is 18.3 Å². The van der Waals surface area contributed by atoms with Crippen molar-refractivity contribution in [2.24, 2.45) is 5.41 Å². The molecular formula is C47H87N3O6. The van der Waals surface area contributed by atoms with Gasteiger partial charge in [-0.3, -0.25) is 29.1 Å². The fourth-order valence-corrected chi connectivity index (χ4v) is 10.5. The zero-order valence-corrected chi connectivity index (χ0v) is 39.3. The first-order valence-electron chi connectivity index (χ1n) is 22.5. The van der Waals surface area contributed by atoms with Gasteiger partial charge in [0.25, 0.3) is 0 Å². The number of nitrogens with zero attached hydrogens (tertiary/aromatic N) is 3. The number of rotatable bonds is 18. The zero-order chi connectivity index (χ0) is 42.5. The number of ether oxygens (including phenoxy) is 3. The van der Waals surface area contributed by atoms with Gasteiger partial charge in [-0.05, 0) is 111 Å². The van der Waals surface area contributed by atoms with Gasteiger partial charge in [0.15, 0.2) is 5.41 Å². The normalized spacial score (nSPS) is 24.4. The molecule has 3 heterocycles. The lowest BCUT2D eigenvalue weighted by atomic mass is 9.76. The largest absolute Gasteiger partial charge is 0.462 e. The maximum absolute atomic E-state index is 15.0. The quantitative estimate of drug-likeness (QED) is 0.0583. The third-order valence-electron chi connectivity index (χ3n) is 14.8. The monoisotopic (exact) mass is 790 g/mol. The minimum atomic E-state index is -1.80. The molecule has 0 aliphatic carbocycles. The Morgan fingerprint density at radius 3 is 1.04 bits per heavy atom. The summed E-state index contributed by atoms with van der Waals surface area (Å²) in [6, 6.07) is 0. The minimum Gasteiger partial charge on any atom is -0.462 e. The second-order valence-electron chi connectivity index (χ2n) is 22.1. The second kappa shape index (κ2) is 18.7. The number of likely N-dealkylation sites (tertiary alicyclic amines) is 3. The van der Waals surface area contributed by atoms with Crippen LogP contribution in [-0.2, 0) is 28.6 Å². The van der Waals surface area contributed by atoms with E-state index in [1.54, 1.807) is 0 Å². The third kappa shape index (κ3) is 12.2. The number of hydrogen-bond acceptors (Lipinski definition) is 9. The molecule has 3 aliphatic heterocycles. The Hall–Kier alpha value is -1.71. The van der Waals surface area contributed by atoms with Gasteiger partial charge < -0.3 is 14.2 Å². The predicted molar refractivity (Wildman–Crippen MR) is 229 cm³/mol. The summed E-state index contributed by atoms with van der Waals surface area (Å²) < 4.78 is 19.3. The molecule has 0 aromatic heterocycles. The summed E-state index contributed by atoms with van der Waals surface area (Å²) in [5.74, 6) is -1.79. The summed E-state index contributed by atoms with van der Waals surface area (Å²) in [4.78, 5) is 51.5. The van der Waals surface area contributed by atoms with Crippen LogP contribution < -0.4 is 0 Å². The van der Waals surface area contributed by atoms with Crippen LogP contribution in [0.1, 0.15) is 206 Å². The van der Waals surface area contributed by atoms with Gasteiger partial charge in [-0.25, -0.2) is 0 Å². The Bertz CT molecular complexity index is 1210. The van der Waals surface area contributed by atoms with Gasteiger partial charge in [0, 0.05) is 71.8 Å². The average molecular weight is 790 g/mol. The maximum Gasteiger partial charge on any atom is 0.324 e. The fourth-order valence-electron chi connectivity index (χ4n) is 10.5. The summed E-state index contributed by atoms with van der Waals surface area (Å²) in [5.41, 5.74) is -3.12. The summed E-state index contributed by atoms with van der Waals surface area (Å²) in [5, 5.41) is 0. The zero-order valence-electron chi connectivity index (χ0n) is 39.3. The Labute approximate surface area is 344 Å². The first-order chi connectivity index (χ1) is 25.6. The van der Waals surface area contributed by atoms with Gasteiger partial charge in [0.2, 0.25) is 0 Å². The van der Waals surface area contributed by atoms with Crippen molar-refractivity contribution in [1.29, 1.82) is 0 Å². The molecule has 0 N–H and O–H groups in total. The molecular weight excluding hydrogens is 703 g/mol. The van der Waals surface area contributed by atoms with E-state index in [2.05, 4.69) is 126 Å². The van der Waals surface area contributed by atoms with Crippen LogP contribution in [0.3, 0.4) is 0 Å². The molecule has 0 spiro atoms. The highest BCUT2D eigenvalue weighted by molar-refractivity contribution is 6.03. The van der Waals surface area contributed by atoms with E-state index in [4.69, 9.17) is 14.2 Å². The number of carbonyl (C=O) groups is 3. The van der Waals surface area contributed by atoms with Crippen molar-refractivity contribution in [2.45, 2.75) is 257 Å². The average Bonchev–Trinajstić information content (AvgIpc) is 3.04. The molecule has 3 saturated heterocycles. The smallest absolute Gasteiger partial charge is 0.324 e. The summed E-state index contributed by atoms with van der Waals surface area (Å²) in [6.07, 6.45) is 13.7. The summed E-state index contributed by atoms with van der Waals surface area (Å²) in [6.45, 7) is 28.3. The van der Waals surface area contributed by atoms with E-state index in [0.29, 0.717) is 44.9 Å². The molecule has 0 aromatic rings. The Balaban J connectivity index is 1.97. The van der Waals surface area contributed by atoms with E-state index in [0.717, 1.165) is 19.3 Å². The second-order valence-corrected chi connectivity index (χ2v) is 22.1. The lowest BCUT2D eigenvalue weighted by molar-refractivity contribution is -0.193. The topological polar surface area (TPSA) is 88.6 Å². The van der Waals surface area contributed by atoms with Crippen LogP contribution in [-0.4, -0.2) is 105 Å². The van der Waals surface area contributed by atoms with E-state index in [9.17, 15) is 4.79 Å². The predicted octanol–water partition coefficient (Wildman–Crippen LogP) is 10.3. The molecule has 56 heavy (non-hydrogen) atoms. The third-order valence-corrected chi connectivity index (χ3v) is 14.8. The highest BCUT2D eigenvalue weighted by Gasteiger charge is 2.55. The van der Waals surface area contributed by atoms with Crippen molar-refractivity contribution in [3.05, 3.63) is 0 Å². The first kappa shape index (κ1) is 48.7.